The molecule has 0 aliphatic carbocycles. The van der Waals surface area contributed by atoms with Gasteiger partial charge in [0.1, 0.15) is 5.75 Å². The maximum Gasteiger partial charge on any atom is 0.191 e. The number of aliphatic imine (C=N–C) groups is 1. The van der Waals surface area contributed by atoms with Crippen LogP contribution in [0.4, 0.5) is 0 Å². The molecule has 1 fully saturated rings. The normalized spacial score (nSPS) is 15.6. The SMILES string of the molecule is CCNC(=NCCCOCc1ccc(OC)cc1)NCCN1CCOCC1. The van der Waals surface area contributed by atoms with E-state index in [-0.39, 0.29) is 0 Å². The van der Waals surface area contributed by atoms with Crippen molar-refractivity contribution < 1.29 is 14.2 Å². The molecule has 1 aliphatic heterocycles. The maximum atomic E-state index is 5.73. The molecule has 1 heterocycles. The van der Waals surface area contributed by atoms with Crippen molar-refractivity contribution in [3.63, 3.8) is 0 Å². The Balaban J connectivity index is 1.57. The predicted molar refractivity (Wildman–Crippen MR) is 109 cm³/mol. The number of rotatable bonds is 11. The van der Waals surface area contributed by atoms with Crippen molar-refractivity contribution in [2.45, 2.75) is 20.0 Å². The monoisotopic (exact) mass is 378 g/mol. The number of hydrogen-bond acceptors (Lipinski definition) is 5. The molecule has 1 aliphatic rings. The summed E-state index contributed by atoms with van der Waals surface area (Å²) in [6.07, 6.45) is 0.899. The van der Waals surface area contributed by atoms with Gasteiger partial charge >= 0.3 is 0 Å². The van der Waals surface area contributed by atoms with E-state index in [4.69, 9.17) is 14.2 Å². The second-order valence-electron chi connectivity index (χ2n) is 6.40. The highest BCUT2D eigenvalue weighted by Gasteiger charge is 2.09. The van der Waals surface area contributed by atoms with Gasteiger partial charge in [-0.1, -0.05) is 12.1 Å². The highest BCUT2D eigenvalue weighted by molar-refractivity contribution is 5.79. The van der Waals surface area contributed by atoms with Crippen LogP contribution in [0.5, 0.6) is 5.75 Å². The molecule has 0 bridgehead atoms. The van der Waals surface area contributed by atoms with Gasteiger partial charge in [0, 0.05) is 45.9 Å². The molecule has 0 radical (unpaired) electrons. The molecule has 2 N–H and O–H groups in total. The van der Waals surface area contributed by atoms with Crippen molar-refractivity contribution in [3.05, 3.63) is 29.8 Å². The maximum absolute atomic E-state index is 5.73. The number of morpholine rings is 1. The van der Waals surface area contributed by atoms with Crippen LogP contribution in [-0.2, 0) is 16.1 Å². The fraction of sp³-hybridized carbons (Fsp3) is 0.650. The summed E-state index contributed by atoms with van der Waals surface area (Å²) >= 11 is 0. The van der Waals surface area contributed by atoms with Gasteiger partial charge < -0.3 is 24.8 Å². The summed E-state index contributed by atoms with van der Waals surface area (Å²) in [6.45, 7) is 10.6. The molecule has 0 amide bonds. The highest BCUT2D eigenvalue weighted by atomic mass is 16.5. The minimum Gasteiger partial charge on any atom is -0.497 e. The molecule has 2 rings (SSSR count). The molecular formula is C20H34N4O3. The summed E-state index contributed by atoms with van der Waals surface area (Å²) in [6, 6.07) is 7.96. The molecule has 152 valence electrons. The first-order valence-corrected chi connectivity index (χ1v) is 9.84. The van der Waals surface area contributed by atoms with E-state index in [0.717, 1.165) is 76.2 Å². The van der Waals surface area contributed by atoms with Crippen molar-refractivity contribution >= 4 is 5.96 Å². The van der Waals surface area contributed by atoms with Crippen molar-refractivity contribution in [2.75, 3.05) is 66.2 Å². The molecule has 0 spiro atoms. The van der Waals surface area contributed by atoms with E-state index in [1.165, 1.54) is 0 Å². The Morgan fingerprint density at radius 1 is 1.19 bits per heavy atom. The summed E-state index contributed by atoms with van der Waals surface area (Å²) in [5, 5.41) is 6.69. The van der Waals surface area contributed by atoms with Crippen LogP contribution in [0.2, 0.25) is 0 Å². The summed E-state index contributed by atoms with van der Waals surface area (Å²) in [4.78, 5) is 7.03. The molecule has 27 heavy (non-hydrogen) atoms. The minimum absolute atomic E-state index is 0.617. The van der Waals surface area contributed by atoms with Gasteiger partial charge in [0.2, 0.25) is 0 Å². The number of methoxy groups -OCH3 is 1. The lowest BCUT2D eigenvalue weighted by molar-refractivity contribution is 0.0389. The second-order valence-corrected chi connectivity index (χ2v) is 6.40. The number of guanidine groups is 1. The van der Waals surface area contributed by atoms with Crippen molar-refractivity contribution in [2.24, 2.45) is 4.99 Å². The number of benzene rings is 1. The number of hydrogen-bond donors (Lipinski definition) is 2. The Morgan fingerprint density at radius 2 is 1.96 bits per heavy atom. The topological polar surface area (TPSA) is 67.4 Å². The molecular weight excluding hydrogens is 344 g/mol. The van der Waals surface area contributed by atoms with E-state index in [1.807, 2.05) is 24.3 Å². The van der Waals surface area contributed by atoms with Gasteiger partial charge in [-0.3, -0.25) is 9.89 Å². The van der Waals surface area contributed by atoms with Crippen molar-refractivity contribution in [3.8, 4) is 5.75 Å². The average Bonchev–Trinajstić information content (AvgIpc) is 2.71. The Labute approximate surface area is 163 Å². The van der Waals surface area contributed by atoms with Crippen LogP contribution in [0, 0.1) is 0 Å². The Kier molecular flexibility index (Phi) is 10.6. The van der Waals surface area contributed by atoms with Crippen molar-refractivity contribution in [1.82, 2.24) is 15.5 Å². The first-order valence-electron chi connectivity index (χ1n) is 9.84. The third-order valence-electron chi connectivity index (χ3n) is 4.31. The Bertz CT molecular complexity index is 531. The standard InChI is InChI=1S/C20H34N4O3/c1-3-21-20(23-10-11-24-12-15-26-16-13-24)22-9-4-14-27-17-18-5-7-19(25-2)8-6-18/h5-8H,3-4,9-17H2,1-2H3,(H2,21,22,23). The zero-order valence-corrected chi connectivity index (χ0v) is 16.7. The number of ether oxygens (including phenoxy) is 3. The third-order valence-corrected chi connectivity index (χ3v) is 4.31. The summed E-state index contributed by atoms with van der Waals surface area (Å²) in [5.74, 6) is 1.74. The molecule has 0 unspecified atom stereocenters. The van der Waals surface area contributed by atoms with Crippen LogP contribution >= 0.6 is 0 Å². The first kappa shape index (κ1) is 21.5. The zero-order chi connectivity index (χ0) is 19.2. The van der Waals surface area contributed by atoms with Gasteiger partial charge in [-0.05, 0) is 31.0 Å². The van der Waals surface area contributed by atoms with E-state index in [2.05, 4.69) is 27.4 Å². The largest absolute Gasteiger partial charge is 0.497 e. The minimum atomic E-state index is 0.617. The first-order chi connectivity index (χ1) is 13.3. The van der Waals surface area contributed by atoms with Gasteiger partial charge in [-0.2, -0.15) is 0 Å². The van der Waals surface area contributed by atoms with Gasteiger partial charge in [-0.25, -0.2) is 0 Å². The lowest BCUT2D eigenvalue weighted by atomic mass is 10.2. The van der Waals surface area contributed by atoms with Crippen LogP contribution in [-0.4, -0.2) is 77.1 Å². The molecule has 0 atom stereocenters. The lowest BCUT2D eigenvalue weighted by Gasteiger charge is -2.26. The van der Waals surface area contributed by atoms with E-state index < -0.39 is 0 Å². The van der Waals surface area contributed by atoms with Gasteiger partial charge in [0.25, 0.3) is 0 Å². The third kappa shape index (κ3) is 9.08. The molecule has 0 saturated carbocycles. The van der Waals surface area contributed by atoms with Gasteiger partial charge in [-0.15, -0.1) is 0 Å². The number of nitrogens with one attached hydrogen (secondary N) is 2. The van der Waals surface area contributed by atoms with Gasteiger partial charge in [0.05, 0.1) is 26.9 Å². The van der Waals surface area contributed by atoms with Gasteiger partial charge in [0.15, 0.2) is 5.96 Å². The molecule has 1 saturated heterocycles. The van der Waals surface area contributed by atoms with E-state index in [0.29, 0.717) is 13.2 Å². The second kappa shape index (κ2) is 13.4. The highest BCUT2D eigenvalue weighted by Crippen LogP contribution is 2.11. The fourth-order valence-electron chi connectivity index (χ4n) is 2.77. The summed E-state index contributed by atoms with van der Waals surface area (Å²) in [5.41, 5.74) is 1.15. The predicted octanol–water partition coefficient (Wildman–Crippen LogP) is 1.49. The smallest absolute Gasteiger partial charge is 0.191 e. The van der Waals surface area contributed by atoms with Crippen LogP contribution in [0.3, 0.4) is 0 Å². The fourth-order valence-corrected chi connectivity index (χ4v) is 2.77. The zero-order valence-electron chi connectivity index (χ0n) is 16.7. The molecule has 7 nitrogen and oxygen atoms in total. The summed E-state index contributed by atoms with van der Waals surface area (Å²) < 4.78 is 16.3. The lowest BCUT2D eigenvalue weighted by Crippen LogP contribution is -2.44. The van der Waals surface area contributed by atoms with Crippen LogP contribution in [0.1, 0.15) is 18.9 Å². The molecule has 7 heteroatoms. The Morgan fingerprint density at radius 3 is 2.67 bits per heavy atom. The van der Waals surface area contributed by atoms with Crippen LogP contribution in [0.25, 0.3) is 0 Å². The average molecular weight is 379 g/mol. The van der Waals surface area contributed by atoms with Crippen molar-refractivity contribution in [1.29, 1.82) is 0 Å². The van der Waals surface area contributed by atoms with Crippen LogP contribution in [0.15, 0.2) is 29.3 Å². The molecule has 1 aromatic carbocycles. The quantitative estimate of drug-likeness (QED) is 0.345. The Hall–Kier alpha value is -1.83. The molecule has 0 aromatic heterocycles. The van der Waals surface area contributed by atoms with Crippen LogP contribution < -0.4 is 15.4 Å². The summed E-state index contributed by atoms with van der Waals surface area (Å²) in [7, 11) is 1.67. The number of nitrogens with zero attached hydrogens (tertiary/aromatic N) is 2. The molecule has 1 aromatic rings. The van der Waals surface area contributed by atoms with E-state index in [9.17, 15) is 0 Å². The van der Waals surface area contributed by atoms with E-state index in [1.54, 1.807) is 7.11 Å². The van der Waals surface area contributed by atoms with E-state index >= 15 is 0 Å².